The number of aromatic amines is 1. The van der Waals surface area contributed by atoms with E-state index >= 15 is 0 Å². The highest BCUT2D eigenvalue weighted by atomic mass is 16.5. The highest BCUT2D eigenvalue weighted by Gasteiger charge is 2.08. The summed E-state index contributed by atoms with van der Waals surface area (Å²) < 4.78 is 10.2. The van der Waals surface area contributed by atoms with E-state index in [4.69, 9.17) is 15.3 Å². The molecule has 0 aliphatic heterocycles. The third-order valence-corrected chi connectivity index (χ3v) is 2.41. The normalized spacial score (nSPS) is 10.8. The number of aromatic nitrogens is 4. The SMILES string of the molecule is COCCOCCNc1nc(NN)nc2[nH]ncc12. The number of nitrogens with one attached hydrogen (secondary N) is 3. The Balaban J connectivity index is 1.93. The summed E-state index contributed by atoms with van der Waals surface area (Å²) in [5, 5.41) is 10.6. The van der Waals surface area contributed by atoms with Crippen LogP contribution >= 0.6 is 0 Å². The number of nitrogens with two attached hydrogens (primary N) is 1. The van der Waals surface area contributed by atoms with E-state index in [0.29, 0.717) is 43.8 Å². The van der Waals surface area contributed by atoms with Gasteiger partial charge in [-0.05, 0) is 0 Å². The zero-order valence-electron chi connectivity index (χ0n) is 10.6. The van der Waals surface area contributed by atoms with E-state index in [1.165, 1.54) is 0 Å². The predicted octanol–water partition coefficient (Wildman–Crippen LogP) is -0.287. The lowest BCUT2D eigenvalue weighted by molar-refractivity contribution is 0.0759. The Labute approximate surface area is 109 Å². The van der Waals surface area contributed by atoms with Crippen molar-refractivity contribution in [3.05, 3.63) is 6.20 Å². The molecule has 0 spiro atoms. The number of hydrogen-bond donors (Lipinski definition) is 4. The van der Waals surface area contributed by atoms with Gasteiger partial charge in [0.1, 0.15) is 5.82 Å². The molecule has 9 nitrogen and oxygen atoms in total. The van der Waals surface area contributed by atoms with Crippen molar-refractivity contribution >= 4 is 22.8 Å². The number of nitrogens with zero attached hydrogens (tertiary/aromatic N) is 3. The van der Waals surface area contributed by atoms with Gasteiger partial charge in [0.2, 0.25) is 5.95 Å². The molecule has 0 unspecified atom stereocenters. The fraction of sp³-hybridized carbons (Fsp3) is 0.500. The first-order valence-electron chi connectivity index (χ1n) is 5.83. The quantitative estimate of drug-likeness (QED) is 0.292. The Kier molecular flexibility index (Phi) is 4.84. The molecular weight excluding hydrogens is 250 g/mol. The first-order chi connectivity index (χ1) is 9.35. The smallest absolute Gasteiger partial charge is 0.241 e. The van der Waals surface area contributed by atoms with E-state index in [1.54, 1.807) is 13.3 Å². The summed E-state index contributed by atoms with van der Waals surface area (Å²) in [5.41, 5.74) is 3.03. The lowest BCUT2D eigenvalue weighted by atomic mass is 10.4. The largest absolute Gasteiger partial charge is 0.382 e. The van der Waals surface area contributed by atoms with Crippen LogP contribution in [0.4, 0.5) is 11.8 Å². The molecule has 0 aromatic carbocycles. The Bertz CT molecular complexity index is 516. The molecule has 0 aliphatic carbocycles. The molecule has 2 aromatic rings. The molecule has 19 heavy (non-hydrogen) atoms. The van der Waals surface area contributed by atoms with Crippen LogP contribution in [-0.4, -0.2) is 53.6 Å². The van der Waals surface area contributed by atoms with Crippen LogP contribution in [0.2, 0.25) is 0 Å². The molecule has 2 rings (SSSR count). The van der Waals surface area contributed by atoms with Gasteiger partial charge in [0.15, 0.2) is 5.65 Å². The predicted molar refractivity (Wildman–Crippen MR) is 70.7 cm³/mol. The maximum Gasteiger partial charge on any atom is 0.241 e. The second kappa shape index (κ2) is 6.83. The molecule has 9 heteroatoms. The summed E-state index contributed by atoms with van der Waals surface area (Å²) in [6, 6.07) is 0. The molecule has 0 atom stereocenters. The number of methoxy groups -OCH3 is 1. The minimum Gasteiger partial charge on any atom is -0.382 e. The maximum absolute atomic E-state index is 5.35. The molecule has 0 saturated heterocycles. The van der Waals surface area contributed by atoms with E-state index in [0.717, 1.165) is 5.39 Å². The Morgan fingerprint density at radius 3 is 3.00 bits per heavy atom. The molecule has 5 N–H and O–H groups in total. The zero-order chi connectivity index (χ0) is 13.5. The topological polar surface area (TPSA) is 123 Å². The summed E-state index contributed by atoms with van der Waals surface area (Å²) in [6.45, 7) is 2.32. The van der Waals surface area contributed by atoms with Gasteiger partial charge in [0, 0.05) is 13.7 Å². The molecule has 0 bridgehead atoms. The fourth-order valence-electron chi connectivity index (χ4n) is 1.52. The van der Waals surface area contributed by atoms with Crippen LogP contribution in [0.25, 0.3) is 11.0 Å². The lowest BCUT2D eigenvalue weighted by Crippen LogP contribution is -2.15. The second-order valence-corrected chi connectivity index (χ2v) is 3.70. The molecule has 0 aliphatic rings. The number of fused-ring (bicyclic) bond motifs is 1. The van der Waals surface area contributed by atoms with Crippen molar-refractivity contribution in [3.8, 4) is 0 Å². The highest BCUT2D eigenvalue weighted by Crippen LogP contribution is 2.18. The Morgan fingerprint density at radius 2 is 2.21 bits per heavy atom. The lowest BCUT2D eigenvalue weighted by Gasteiger charge is -2.08. The minimum absolute atomic E-state index is 0.319. The summed E-state index contributed by atoms with van der Waals surface area (Å²) in [5.74, 6) is 6.29. The van der Waals surface area contributed by atoms with Gasteiger partial charge in [-0.25, -0.2) is 5.84 Å². The molecule has 0 fully saturated rings. The van der Waals surface area contributed by atoms with Crippen molar-refractivity contribution in [2.45, 2.75) is 0 Å². The van der Waals surface area contributed by atoms with E-state index in [1.807, 2.05) is 0 Å². The fourth-order valence-corrected chi connectivity index (χ4v) is 1.52. The van der Waals surface area contributed by atoms with Gasteiger partial charge in [-0.15, -0.1) is 0 Å². The summed E-state index contributed by atoms with van der Waals surface area (Å²) in [7, 11) is 1.64. The van der Waals surface area contributed by atoms with Crippen molar-refractivity contribution in [2.24, 2.45) is 5.84 Å². The molecule has 0 saturated carbocycles. The average Bonchev–Trinajstić information content (AvgIpc) is 2.90. The number of H-pyrrole nitrogens is 1. The van der Waals surface area contributed by atoms with Crippen LogP contribution < -0.4 is 16.6 Å². The van der Waals surface area contributed by atoms with E-state index in [9.17, 15) is 0 Å². The standard InChI is InChI=1S/C10H17N7O2/c1-18-4-5-19-3-2-12-8-7-6-13-17-9(7)15-10(14-8)16-11/h6H,2-5,11H2,1H3,(H3,12,13,14,15,16,17). The maximum atomic E-state index is 5.35. The second-order valence-electron chi connectivity index (χ2n) is 3.70. The summed E-state index contributed by atoms with van der Waals surface area (Å²) in [4.78, 5) is 8.36. The molecule has 0 radical (unpaired) electrons. The van der Waals surface area contributed by atoms with Crippen LogP contribution in [-0.2, 0) is 9.47 Å². The van der Waals surface area contributed by atoms with E-state index in [-0.39, 0.29) is 0 Å². The number of ether oxygens (including phenoxy) is 2. The molecule has 104 valence electrons. The van der Waals surface area contributed by atoms with Gasteiger partial charge >= 0.3 is 0 Å². The number of hydrazine groups is 1. The minimum atomic E-state index is 0.319. The Morgan fingerprint density at radius 1 is 1.32 bits per heavy atom. The highest BCUT2D eigenvalue weighted by molar-refractivity contribution is 5.86. The van der Waals surface area contributed by atoms with Crippen LogP contribution in [0, 0.1) is 0 Å². The van der Waals surface area contributed by atoms with Crippen molar-refractivity contribution in [1.82, 2.24) is 20.2 Å². The van der Waals surface area contributed by atoms with Crippen molar-refractivity contribution in [2.75, 3.05) is 44.2 Å². The molecular formula is C10H17N7O2. The van der Waals surface area contributed by atoms with Gasteiger partial charge in [-0.1, -0.05) is 0 Å². The first kappa shape index (κ1) is 13.5. The third kappa shape index (κ3) is 3.50. The molecule has 2 aromatic heterocycles. The summed E-state index contributed by atoms with van der Waals surface area (Å²) >= 11 is 0. The number of hydrogen-bond acceptors (Lipinski definition) is 8. The third-order valence-electron chi connectivity index (χ3n) is 2.41. The number of anilines is 2. The zero-order valence-corrected chi connectivity index (χ0v) is 10.6. The monoisotopic (exact) mass is 267 g/mol. The summed E-state index contributed by atoms with van der Waals surface area (Å²) in [6.07, 6.45) is 1.66. The Hall–Kier alpha value is -1.97. The van der Waals surface area contributed by atoms with Gasteiger partial charge in [-0.3, -0.25) is 10.5 Å². The van der Waals surface area contributed by atoms with Crippen molar-refractivity contribution < 1.29 is 9.47 Å². The van der Waals surface area contributed by atoms with Crippen LogP contribution in [0.15, 0.2) is 6.20 Å². The van der Waals surface area contributed by atoms with Crippen LogP contribution in [0.3, 0.4) is 0 Å². The van der Waals surface area contributed by atoms with Gasteiger partial charge in [-0.2, -0.15) is 15.1 Å². The van der Waals surface area contributed by atoms with Gasteiger partial charge in [0.05, 0.1) is 31.4 Å². The average molecular weight is 267 g/mol. The number of nitrogen functional groups attached to an aromatic ring is 1. The number of rotatable bonds is 8. The molecule has 0 amide bonds. The van der Waals surface area contributed by atoms with Gasteiger partial charge < -0.3 is 14.8 Å². The molecule has 2 heterocycles. The van der Waals surface area contributed by atoms with Crippen molar-refractivity contribution in [1.29, 1.82) is 0 Å². The van der Waals surface area contributed by atoms with Gasteiger partial charge in [0.25, 0.3) is 0 Å². The van der Waals surface area contributed by atoms with Crippen LogP contribution in [0.5, 0.6) is 0 Å². The van der Waals surface area contributed by atoms with E-state index in [2.05, 4.69) is 30.9 Å². The van der Waals surface area contributed by atoms with Crippen molar-refractivity contribution in [3.63, 3.8) is 0 Å². The van der Waals surface area contributed by atoms with E-state index < -0.39 is 0 Å². The van der Waals surface area contributed by atoms with Crippen LogP contribution in [0.1, 0.15) is 0 Å². The first-order valence-corrected chi connectivity index (χ1v) is 5.83.